The Balaban J connectivity index is 0.00000128. The zero-order valence-corrected chi connectivity index (χ0v) is 11.9. The molecule has 0 unspecified atom stereocenters. The molecule has 0 radical (unpaired) electrons. The summed E-state index contributed by atoms with van der Waals surface area (Å²) in [4.78, 5) is 12.8. The van der Waals surface area contributed by atoms with Crippen molar-refractivity contribution in [2.75, 3.05) is 0 Å². The second-order valence-corrected chi connectivity index (χ2v) is 6.45. The number of carbonyl (C=O) groups excluding carboxylic acids is 1. The maximum absolute atomic E-state index is 11.7. The Morgan fingerprint density at radius 3 is 2.69 bits per heavy atom. The molecule has 6 heteroatoms. The summed E-state index contributed by atoms with van der Waals surface area (Å²) in [7, 11) is 0. The van der Waals surface area contributed by atoms with Crippen LogP contribution in [0.1, 0.15) is 24.1 Å². The lowest BCUT2D eigenvalue weighted by Crippen LogP contribution is -2.58. The first-order valence-electron chi connectivity index (χ1n) is 4.91. The molecule has 0 spiro atoms. The number of amides is 1. The fourth-order valence-corrected chi connectivity index (χ4v) is 3.00. The average molecular weight is 326 g/mol. The first-order valence-corrected chi connectivity index (χ1v) is 6.52. The van der Waals surface area contributed by atoms with Gasteiger partial charge in [-0.15, -0.1) is 23.7 Å². The highest BCUT2D eigenvalue weighted by molar-refractivity contribution is 9.11. The second-order valence-electron chi connectivity index (χ2n) is 3.90. The van der Waals surface area contributed by atoms with Crippen molar-refractivity contribution < 1.29 is 4.79 Å². The largest absolute Gasteiger partial charge is 0.350 e. The minimum absolute atomic E-state index is 0. The maximum atomic E-state index is 11.7. The Hall–Kier alpha value is -0.100. The molecule has 16 heavy (non-hydrogen) atoms. The van der Waals surface area contributed by atoms with Gasteiger partial charge in [0.15, 0.2) is 0 Å². The van der Waals surface area contributed by atoms with Crippen LogP contribution in [0.4, 0.5) is 0 Å². The minimum atomic E-state index is -0.589. The van der Waals surface area contributed by atoms with Crippen LogP contribution in [0.3, 0.4) is 0 Å². The number of hydrogen-bond donors (Lipinski definition) is 2. The molecule has 1 amide bonds. The van der Waals surface area contributed by atoms with E-state index in [0.717, 1.165) is 27.9 Å². The van der Waals surface area contributed by atoms with Crippen molar-refractivity contribution in [2.24, 2.45) is 5.73 Å². The van der Waals surface area contributed by atoms with Gasteiger partial charge in [-0.25, -0.2) is 0 Å². The van der Waals surface area contributed by atoms with Gasteiger partial charge >= 0.3 is 0 Å². The van der Waals surface area contributed by atoms with Crippen LogP contribution in [0.2, 0.25) is 0 Å². The molecule has 1 fully saturated rings. The van der Waals surface area contributed by atoms with Gasteiger partial charge in [-0.1, -0.05) is 0 Å². The van der Waals surface area contributed by atoms with Crippen LogP contribution in [-0.4, -0.2) is 11.4 Å². The third kappa shape index (κ3) is 2.97. The van der Waals surface area contributed by atoms with Gasteiger partial charge in [-0.05, 0) is 47.3 Å². The molecule has 1 aliphatic carbocycles. The van der Waals surface area contributed by atoms with Gasteiger partial charge in [0.05, 0.1) is 15.9 Å². The number of nitrogens with one attached hydrogen (secondary N) is 1. The van der Waals surface area contributed by atoms with Crippen LogP contribution >= 0.6 is 39.7 Å². The zero-order valence-electron chi connectivity index (χ0n) is 8.66. The van der Waals surface area contributed by atoms with Gasteiger partial charge in [0, 0.05) is 4.88 Å². The summed E-state index contributed by atoms with van der Waals surface area (Å²) in [5.74, 6) is -0.0155. The van der Waals surface area contributed by atoms with E-state index in [-0.39, 0.29) is 18.3 Å². The number of rotatable bonds is 3. The van der Waals surface area contributed by atoms with Crippen LogP contribution in [0.15, 0.2) is 15.9 Å². The van der Waals surface area contributed by atoms with E-state index in [1.165, 1.54) is 0 Å². The molecule has 1 aliphatic rings. The fourth-order valence-electron chi connectivity index (χ4n) is 1.57. The predicted molar refractivity (Wildman–Crippen MR) is 71.9 cm³/mol. The molecule has 1 aromatic heterocycles. The van der Waals surface area contributed by atoms with Gasteiger partial charge < -0.3 is 11.1 Å². The van der Waals surface area contributed by atoms with Crippen molar-refractivity contribution in [3.63, 3.8) is 0 Å². The number of thiophene rings is 1. The summed E-state index contributed by atoms with van der Waals surface area (Å²) in [5.41, 5.74) is 5.31. The minimum Gasteiger partial charge on any atom is -0.350 e. The molecule has 0 saturated heterocycles. The highest BCUT2D eigenvalue weighted by Crippen LogP contribution is 2.29. The molecule has 0 aliphatic heterocycles. The number of hydrogen-bond acceptors (Lipinski definition) is 3. The van der Waals surface area contributed by atoms with Crippen LogP contribution in [0, 0.1) is 0 Å². The van der Waals surface area contributed by atoms with E-state index in [9.17, 15) is 4.79 Å². The lowest BCUT2D eigenvalue weighted by Gasteiger charge is -2.36. The fraction of sp³-hybridized carbons (Fsp3) is 0.500. The Bertz CT molecular complexity index is 379. The molecular weight excluding hydrogens is 312 g/mol. The van der Waals surface area contributed by atoms with E-state index in [1.807, 2.05) is 12.1 Å². The van der Waals surface area contributed by atoms with Crippen LogP contribution in [0.25, 0.3) is 0 Å². The highest BCUT2D eigenvalue weighted by Gasteiger charge is 2.39. The van der Waals surface area contributed by atoms with Crippen molar-refractivity contribution in [3.8, 4) is 0 Å². The van der Waals surface area contributed by atoms with Crippen molar-refractivity contribution in [2.45, 2.75) is 31.3 Å². The van der Waals surface area contributed by atoms with E-state index in [2.05, 4.69) is 21.2 Å². The smallest absolute Gasteiger partial charge is 0.240 e. The maximum Gasteiger partial charge on any atom is 0.240 e. The van der Waals surface area contributed by atoms with Crippen molar-refractivity contribution >= 4 is 45.6 Å². The summed E-state index contributed by atoms with van der Waals surface area (Å²) in [6.45, 7) is 0.577. The van der Waals surface area contributed by atoms with Crippen molar-refractivity contribution in [3.05, 3.63) is 20.8 Å². The summed E-state index contributed by atoms with van der Waals surface area (Å²) >= 11 is 5.01. The van der Waals surface area contributed by atoms with Crippen LogP contribution in [-0.2, 0) is 11.3 Å². The molecule has 2 rings (SSSR count). The monoisotopic (exact) mass is 324 g/mol. The third-order valence-electron chi connectivity index (χ3n) is 2.75. The van der Waals surface area contributed by atoms with Gasteiger partial charge in [-0.3, -0.25) is 4.79 Å². The Morgan fingerprint density at radius 2 is 2.25 bits per heavy atom. The van der Waals surface area contributed by atoms with E-state index in [4.69, 9.17) is 5.73 Å². The average Bonchev–Trinajstić information content (AvgIpc) is 2.57. The topological polar surface area (TPSA) is 55.1 Å². The summed E-state index contributed by atoms with van der Waals surface area (Å²) in [5, 5.41) is 2.88. The van der Waals surface area contributed by atoms with Gasteiger partial charge in [0.25, 0.3) is 0 Å². The first-order chi connectivity index (χ1) is 7.10. The molecular formula is C10H14BrClN2OS. The van der Waals surface area contributed by atoms with Gasteiger partial charge in [0.1, 0.15) is 0 Å². The molecule has 0 aromatic carbocycles. The lowest BCUT2D eigenvalue weighted by atomic mass is 9.77. The third-order valence-corrected chi connectivity index (χ3v) is 4.37. The number of nitrogens with two attached hydrogens (primary N) is 1. The number of carbonyl (C=O) groups is 1. The van der Waals surface area contributed by atoms with Crippen LogP contribution < -0.4 is 11.1 Å². The van der Waals surface area contributed by atoms with E-state index in [0.29, 0.717) is 6.54 Å². The van der Waals surface area contributed by atoms with E-state index < -0.39 is 5.54 Å². The summed E-state index contributed by atoms with van der Waals surface area (Å²) in [6, 6.07) is 3.98. The Labute approximate surface area is 113 Å². The van der Waals surface area contributed by atoms with E-state index in [1.54, 1.807) is 11.3 Å². The molecule has 0 atom stereocenters. The van der Waals surface area contributed by atoms with Crippen molar-refractivity contribution in [1.29, 1.82) is 0 Å². The molecule has 90 valence electrons. The predicted octanol–water partition coefficient (Wildman–Crippen LogP) is 2.43. The Kier molecular flexibility index (Phi) is 4.79. The van der Waals surface area contributed by atoms with E-state index >= 15 is 0 Å². The lowest BCUT2D eigenvalue weighted by molar-refractivity contribution is -0.129. The van der Waals surface area contributed by atoms with Gasteiger partial charge in [-0.2, -0.15) is 0 Å². The van der Waals surface area contributed by atoms with Crippen LogP contribution in [0.5, 0.6) is 0 Å². The normalized spacial score (nSPS) is 17.1. The second kappa shape index (κ2) is 5.49. The standard InChI is InChI=1S/C10H13BrN2OS.ClH/c11-8-3-2-7(15-8)6-13-9(14)10(12)4-1-5-10;/h2-3H,1,4-6,12H2,(H,13,14);1H. The zero-order chi connectivity index (χ0) is 10.9. The SMILES string of the molecule is Cl.NC1(C(=O)NCc2ccc(Br)s2)CCC1. The molecule has 1 aromatic rings. The molecule has 1 saturated carbocycles. The highest BCUT2D eigenvalue weighted by atomic mass is 79.9. The van der Waals surface area contributed by atoms with Crippen molar-refractivity contribution in [1.82, 2.24) is 5.32 Å². The number of halogens is 2. The molecule has 1 heterocycles. The molecule has 3 N–H and O–H groups in total. The first kappa shape index (κ1) is 14.0. The summed E-state index contributed by atoms with van der Waals surface area (Å²) < 4.78 is 1.08. The summed E-state index contributed by atoms with van der Waals surface area (Å²) in [6.07, 6.45) is 2.69. The molecule has 3 nitrogen and oxygen atoms in total. The molecule has 0 bridgehead atoms. The quantitative estimate of drug-likeness (QED) is 0.897. The Morgan fingerprint density at radius 1 is 1.56 bits per heavy atom. The van der Waals surface area contributed by atoms with Gasteiger partial charge in [0.2, 0.25) is 5.91 Å².